The van der Waals surface area contributed by atoms with Gasteiger partial charge in [0.05, 0.1) is 12.1 Å². The number of hydrogen-bond acceptors (Lipinski definition) is 4. The summed E-state index contributed by atoms with van der Waals surface area (Å²) in [5.41, 5.74) is -1.04. The molecule has 7 heteroatoms. The fourth-order valence-corrected chi connectivity index (χ4v) is 4.94. The fourth-order valence-electron chi connectivity index (χ4n) is 2.81. The molecule has 4 unspecified atom stereocenters. The van der Waals surface area contributed by atoms with E-state index in [2.05, 4.69) is 24.2 Å². The average molecular weight is 388 g/mol. The summed E-state index contributed by atoms with van der Waals surface area (Å²) >= 11 is 6.01. The van der Waals surface area contributed by atoms with Crippen molar-refractivity contribution in [3.8, 4) is 5.75 Å². The minimum atomic E-state index is -3.68. The van der Waals surface area contributed by atoms with Gasteiger partial charge < -0.3 is 14.4 Å². The molecular weight excluding hydrogens is 361 g/mol. The van der Waals surface area contributed by atoms with Gasteiger partial charge in [-0.2, -0.15) is 0 Å². The molecule has 1 aromatic carbocycles. The zero-order valence-electron chi connectivity index (χ0n) is 14.9. The van der Waals surface area contributed by atoms with E-state index in [9.17, 15) is 9.67 Å². The van der Waals surface area contributed by atoms with Crippen LogP contribution in [0.5, 0.6) is 5.75 Å². The first-order valence-electron chi connectivity index (χ1n) is 8.48. The predicted molar refractivity (Wildman–Crippen MR) is 101 cm³/mol. The van der Waals surface area contributed by atoms with Crippen molar-refractivity contribution in [1.82, 2.24) is 5.09 Å². The maximum Gasteiger partial charge on any atom is 0.409 e. The zero-order chi connectivity index (χ0) is 18.5. The smallest absolute Gasteiger partial charge is 0.409 e. The third kappa shape index (κ3) is 6.76. The van der Waals surface area contributed by atoms with Crippen LogP contribution >= 0.6 is 18.1 Å². The fraction of sp³-hybridized carbons (Fsp3) is 0.556. The monoisotopic (exact) mass is 387 g/mol. The molecule has 1 aliphatic carbocycles. The number of halogens is 1. The Morgan fingerprint density at radius 2 is 2.08 bits per heavy atom. The number of allylic oxidation sites excluding steroid dienone is 2. The Balaban J connectivity index is 1.88. The highest BCUT2D eigenvalue weighted by Gasteiger charge is 2.37. The van der Waals surface area contributed by atoms with E-state index in [1.165, 1.54) is 0 Å². The largest absolute Gasteiger partial charge is 0.422 e. The molecule has 0 amide bonds. The molecule has 0 heterocycles. The van der Waals surface area contributed by atoms with Crippen LogP contribution < -0.4 is 9.61 Å². The van der Waals surface area contributed by atoms with Crippen molar-refractivity contribution in [2.45, 2.75) is 45.4 Å². The molecule has 4 atom stereocenters. The summed E-state index contributed by atoms with van der Waals surface area (Å²) < 4.78 is 23.5. The van der Waals surface area contributed by atoms with Gasteiger partial charge in [0.1, 0.15) is 5.75 Å². The first-order valence-corrected chi connectivity index (χ1v) is 11.0. The van der Waals surface area contributed by atoms with E-state index in [-0.39, 0.29) is 0 Å². The summed E-state index contributed by atoms with van der Waals surface area (Å²) in [6, 6.07) is 8.66. The molecule has 0 saturated heterocycles. The van der Waals surface area contributed by atoms with Gasteiger partial charge in [0.15, 0.2) is 6.29 Å². The summed E-state index contributed by atoms with van der Waals surface area (Å²) in [7, 11) is 0. The summed E-state index contributed by atoms with van der Waals surface area (Å²) in [5.74, 6) is 1.28. The number of aliphatic hydroxyl groups excluding tert-OH is 1. The molecule has 25 heavy (non-hydrogen) atoms. The van der Waals surface area contributed by atoms with Crippen LogP contribution in [0.2, 0.25) is 0 Å². The van der Waals surface area contributed by atoms with E-state index in [4.69, 9.17) is 20.5 Å². The van der Waals surface area contributed by atoms with Crippen molar-refractivity contribution in [3.05, 3.63) is 42.5 Å². The SMILES string of the molecule is CC1C=CCC(COC(O)C(C)(C)NP(=O)(Cl)Oc2ccccc2)C1. The molecule has 0 saturated carbocycles. The molecular formula is C18H27ClNO4P. The molecule has 140 valence electrons. The van der Waals surface area contributed by atoms with Gasteiger partial charge in [-0.3, -0.25) is 0 Å². The number of hydrogen-bond donors (Lipinski definition) is 2. The van der Waals surface area contributed by atoms with E-state index in [0.29, 0.717) is 24.2 Å². The Morgan fingerprint density at radius 1 is 1.40 bits per heavy atom. The van der Waals surface area contributed by atoms with Gasteiger partial charge >= 0.3 is 6.87 Å². The summed E-state index contributed by atoms with van der Waals surface area (Å²) in [6.07, 6.45) is 5.15. The van der Waals surface area contributed by atoms with Gasteiger partial charge in [0, 0.05) is 11.2 Å². The highest BCUT2D eigenvalue weighted by molar-refractivity contribution is 7.84. The number of nitrogens with one attached hydrogen (secondary N) is 1. The maximum absolute atomic E-state index is 12.5. The molecule has 1 aliphatic rings. The van der Waals surface area contributed by atoms with Crippen molar-refractivity contribution < 1.29 is 18.9 Å². The van der Waals surface area contributed by atoms with Crippen molar-refractivity contribution in [3.63, 3.8) is 0 Å². The van der Waals surface area contributed by atoms with Crippen LogP contribution in [0.4, 0.5) is 0 Å². The Bertz CT molecular complexity index is 623. The number of rotatable bonds is 8. The summed E-state index contributed by atoms with van der Waals surface area (Å²) in [4.78, 5) is 0. The van der Waals surface area contributed by atoms with Crippen LogP contribution in [0.3, 0.4) is 0 Å². The van der Waals surface area contributed by atoms with Gasteiger partial charge in [-0.1, -0.05) is 37.3 Å². The minimum absolute atomic E-state index is 0.369. The first kappa shape index (κ1) is 20.5. The number of aliphatic hydroxyl groups is 1. The minimum Gasteiger partial charge on any atom is -0.422 e. The van der Waals surface area contributed by atoms with Crippen molar-refractivity contribution in [1.29, 1.82) is 0 Å². The quantitative estimate of drug-likeness (QED) is 0.384. The summed E-state index contributed by atoms with van der Waals surface area (Å²) in [6.45, 7) is 2.26. The van der Waals surface area contributed by atoms with Crippen LogP contribution in [0.15, 0.2) is 42.5 Å². The third-order valence-electron chi connectivity index (χ3n) is 4.13. The maximum atomic E-state index is 12.5. The normalized spacial score (nSPS) is 24.5. The van der Waals surface area contributed by atoms with Crippen LogP contribution in [-0.2, 0) is 9.30 Å². The van der Waals surface area contributed by atoms with Crippen molar-refractivity contribution in [2.24, 2.45) is 11.8 Å². The Labute approximate surface area is 154 Å². The topological polar surface area (TPSA) is 67.8 Å². The van der Waals surface area contributed by atoms with Crippen LogP contribution in [0, 0.1) is 11.8 Å². The molecule has 0 fully saturated rings. The van der Waals surface area contributed by atoms with Gasteiger partial charge in [-0.15, -0.1) is 0 Å². The lowest BCUT2D eigenvalue weighted by Crippen LogP contribution is -2.49. The standard InChI is InChI=1S/C18H27ClNO4P/c1-14-8-7-9-15(12-14)13-23-17(21)18(2,3)20-25(19,22)24-16-10-5-4-6-11-16/h4-8,10-11,14-15,17,21H,9,12-13H2,1-3H3,(H,20,22). The van der Waals surface area contributed by atoms with E-state index in [1.54, 1.807) is 38.1 Å². The van der Waals surface area contributed by atoms with Crippen molar-refractivity contribution in [2.75, 3.05) is 6.61 Å². The van der Waals surface area contributed by atoms with E-state index < -0.39 is 18.7 Å². The van der Waals surface area contributed by atoms with E-state index in [0.717, 1.165) is 12.8 Å². The highest BCUT2D eigenvalue weighted by Crippen LogP contribution is 2.50. The second kappa shape index (κ2) is 8.70. The third-order valence-corrected chi connectivity index (χ3v) is 5.88. The van der Waals surface area contributed by atoms with Gasteiger partial charge in [0.2, 0.25) is 0 Å². The Hall–Kier alpha value is -0.840. The second-order valence-corrected chi connectivity index (χ2v) is 9.85. The van der Waals surface area contributed by atoms with Crippen molar-refractivity contribution >= 4 is 18.1 Å². The van der Waals surface area contributed by atoms with Crippen LogP contribution in [0.25, 0.3) is 0 Å². The predicted octanol–water partition coefficient (Wildman–Crippen LogP) is 4.72. The molecule has 2 N–H and O–H groups in total. The molecule has 0 radical (unpaired) electrons. The van der Waals surface area contributed by atoms with Gasteiger partial charge in [-0.05, 0) is 50.7 Å². The average Bonchev–Trinajstić information content (AvgIpc) is 2.52. The molecule has 0 bridgehead atoms. The number of ether oxygens (including phenoxy) is 1. The molecule has 0 aliphatic heterocycles. The molecule has 0 aromatic heterocycles. The number of para-hydroxylation sites is 1. The lowest BCUT2D eigenvalue weighted by atomic mass is 9.88. The summed E-state index contributed by atoms with van der Waals surface area (Å²) in [5, 5.41) is 13.1. The second-order valence-electron chi connectivity index (χ2n) is 7.15. The van der Waals surface area contributed by atoms with Crippen LogP contribution in [-0.4, -0.2) is 23.5 Å². The lowest BCUT2D eigenvalue weighted by molar-refractivity contribution is -0.148. The Kier molecular flexibility index (Phi) is 7.12. The van der Waals surface area contributed by atoms with Gasteiger partial charge in [0.25, 0.3) is 0 Å². The highest BCUT2D eigenvalue weighted by atomic mass is 35.7. The lowest BCUT2D eigenvalue weighted by Gasteiger charge is -2.34. The van der Waals surface area contributed by atoms with Crippen LogP contribution in [0.1, 0.15) is 33.6 Å². The van der Waals surface area contributed by atoms with E-state index in [1.807, 2.05) is 6.07 Å². The molecule has 0 spiro atoms. The zero-order valence-corrected chi connectivity index (χ0v) is 16.5. The Morgan fingerprint density at radius 3 is 2.72 bits per heavy atom. The molecule has 1 aromatic rings. The molecule has 2 rings (SSSR count). The first-order chi connectivity index (χ1) is 11.7. The van der Waals surface area contributed by atoms with E-state index >= 15 is 0 Å². The van der Waals surface area contributed by atoms with Gasteiger partial charge in [-0.25, -0.2) is 9.65 Å². The molecule has 5 nitrogen and oxygen atoms in total. The number of benzene rings is 1.